The Kier molecular flexibility index (Phi) is 7.08. The second-order valence-corrected chi connectivity index (χ2v) is 5.36. The van der Waals surface area contributed by atoms with Gasteiger partial charge >= 0.3 is 0 Å². The molecule has 1 atom stereocenters. The highest BCUT2D eigenvalue weighted by Gasteiger charge is 2.12. The SMILES string of the molecule is CCOC(CNC(C)c1ccc(Cl)s1)OCC. The standard InChI is InChI=1S/C12H20ClNO2S/c1-4-15-12(16-5-2)8-14-9(3)10-6-7-11(13)17-10/h6-7,9,12,14H,4-5,8H2,1-3H3. The predicted molar refractivity (Wildman–Crippen MR) is 72.8 cm³/mol. The summed E-state index contributed by atoms with van der Waals surface area (Å²) < 4.78 is 11.8. The van der Waals surface area contributed by atoms with E-state index in [0.717, 1.165) is 4.34 Å². The molecular formula is C12H20ClNO2S. The second kappa shape index (κ2) is 8.06. The normalized spacial score (nSPS) is 13.2. The van der Waals surface area contributed by atoms with Crippen LogP contribution in [0.2, 0.25) is 4.34 Å². The number of hydrogen-bond acceptors (Lipinski definition) is 4. The average Bonchev–Trinajstić information content (AvgIpc) is 2.73. The monoisotopic (exact) mass is 277 g/mol. The molecule has 0 fully saturated rings. The maximum atomic E-state index is 5.91. The quantitative estimate of drug-likeness (QED) is 0.738. The number of rotatable bonds is 8. The van der Waals surface area contributed by atoms with Crippen LogP contribution < -0.4 is 5.32 Å². The second-order valence-electron chi connectivity index (χ2n) is 3.61. The van der Waals surface area contributed by atoms with E-state index in [1.807, 2.05) is 26.0 Å². The molecule has 0 radical (unpaired) electrons. The summed E-state index contributed by atoms with van der Waals surface area (Å²) in [5.41, 5.74) is 0. The predicted octanol–water partition coefficient (Wildman–Crippen LogP) is 3.45. The number of thiophene rings is 1. The van der Waals surface area contributed by atoms with Crippen LogP contribution in [-0.2, 0) is 9.47 Å². The van der Waals surface area contributed by atoms with Crippen molar-refractivity contribution in [2.45, 2.75) is 33.1 Å². The summed E-state index contributed by atoms with van der Waals surface area (Å²) in [6.07, 6.45) is -0.178. The third kappa shape index (κ3) is 5.36. The van der Waals surface area contributed by atoms with Crippen LogP contribution in [0.15, 0.2) is 12.1 Å². The third-order valence-corrected chi connectivity index (χ3v) is 3.73. The van der Waals surface area contributed by atoms with E-state index in [1.54, 1.807) is 11.3 Å². The fourth-order valence-corrected chi connectivity index (χ4v) is 2.56. The molecule has 1 heterocycles. The Labute approximate surface area is 112 Å². The van der Waals surface area contributed by atoms with Crippen molar-refractivity contribution in [1.29, 1.82) is 0 Å². The van der Waals surface area contributed by atoms with Crippen molar-refractivity contribution in [3.05, 3.63) is 21.3 Å². The summed E-state index contributed by atoms with van der Waals surface area (Å²) in [5.74, 6) is 0. The molecule has 0 aliphatic carbocycles. The zero-order valence-electron chi connectivity index (χ0n) is 10.5. The Hall–Kier alpha value is -0.130. The lowest BCUT2D eigenvalue weighted by Gasteiger charge is -2.20. The maximum Gasteiger partial charge on any atom is 0.169 e. The van der Waals surface area contributed by atoms with Crippen LogP contribution >= 0.6 is 22.9 Å². The molecule has 1 aromatic heterocycles. The first-order chi connectivity index (χ1) is 8.17. The molecule has 0 aliphatic heterocycles. The van der Waals surface area contributed by atoms with Crippen molar-refractivity contribution in [2.24, 2.45) is 0 Å². The van der Waals surface area contributed by atoms with Crippen LogP contribution in [-0.4, -0.2) is 26.0 Å². The summed E-state index contributed by atoms with van der Waals surface area (Å²) in [6.45, 7) is 8.04. The molecule has 1 unspecified atom stereocenters. The minimum absolute atomic E-state index is 0.178. The van der Waals surface area contributed by atoms with E-state index in [9.17, 15) is 0 Å². The van der Waals surface area contributed by atoms with E-state index in [4.69, 9.17) is 21.1 Å². The molecule has 0 spiro atoms. The highest BCUT2D eigenvalue weighted by Crippen LogP contribution is 2.26. The van der Waals surface area contributed by atoms with Gasteiger partial charge in [-0.3, -0.25) is 0 Å². The Morgan fingerprint density at radius 3 is 2.41 bits per heavy atom. The molecule has 0 saturated carbocycles. The largest absolute Gasteiger partial charge is 0.352 e. The van der Waals surface area contributed by atoms with Crippen molar-refractivity contribution < 1.29 is 9.47 Å². The van der Waals surface area contributed by atoms with Crippen molar-refractivity contribution in [2.75, 3.05) is 19.8 Å². The lowest BCUT2D eigenvalue weighted by molar-refractivity contribution is -0.133. The van der Waals surface area contributed by atoms with Crippen LogP contribution in [0.3, 0.4) is 0 Å². The zero-order valence-corrected chi connectivity index (χ0v) is 12.1. The van der Waals surface area contributed by atoms with Crippen molar-refractivity contribution in [3.8, 4) is 0 Å². The Morgan fingerprint density at radius 2 is 1.94 bits per heavy atom. The first kappa shape index (κ1) is 14.9. The Balaban J connectivity index is 2.37. The van der Waals surface area contributed by atoms with Crippen molar-refractivity contribution >= 4 is 22.9 Å². The van der Waals surface area contributed by atoms with Gasteiger partial charge in [-0.05, 0) is 32.9 Å². The lowest BCUT2D eigenvalue weighted by atomic mass is 10.3. The van der Waals surface area contributed by atoms with Crippen molar-refractivity contribution in [1.82, 2.24) is 5.32 Å². The van der Waals surface area contributed by atoms with Gasteiger partial charge in [-0.25, -0.2) is 0 Å². The molecule has 98 valence electrons. The number of hydrogen-bond donors (Lipinski definition) is 1. The fourth-order valence-electron chi connectivity index (χ4n) is 1.47. The van der Waals surface area contributed by atoms with Crippen molar-refractivity contribution in [3.63, 3.8) is 0 Å². The highest BCUT2D eigenvalue weighted by molar-refractivity contribution is 7.16. The van der Waals surface area contributed by atoms with Gasteiger partial charge in [0.25, 0.3) is 0 Å². The summed E-state index contributed by atoms with van der Waals surface area (Å²) in [4.78, 5) is 1.22. The van der Waals surface area contributed by atoms with Gasteiger partial charge in [0, 0.05) is 30.7 Å². The number of nitrogens with one attached hydrogen (secondary N) is 1. The molecule has 3 nitrogen and oxygen atoms in total. The molecule has 17 heavy (non-hydrogen) atoms. The molecule has 1 N–H and O–H groups in total. The molecule has 1 rings (SSSR count). The molecule has 0 bridgehead atoms. The van der Waals surface area contributed by atoms with E-state index >= 15 is 0 Å². The topological polar surface area (TPSA) is 30.5 Å². The molecule has 1 aromatic rings. The van der Waals surface area contributed by atoms with E-state index < -0.39 is 0 Å². The highest BCUT2D eigenvalue weighted by atomic mass is 35.5. The zero-order chi connectivity index (χ0) is 12.7. The number of ether oxygens (including phenoxy) is 2. The van der Waals surface area contributed by atoms with Gasteiger partial charge in [0.05, 0.1) is 4.34 Å². The lowest BCUT2D eigenvalue weighted by Crippen LogP contribution is -2.32. The van der Waals surface area contributed by atoms with E-state index in [2.05, 4.69) is 12.2 Å². The molecular weight excluding hydrogens is 258 g/mol. The van der Waals surface area contributed by atoms with Gasteiger partial charge in [0.1, 0.15) is 0 Å². The van der Waals surface area contributed by atoms with Gasteiger partial charge in [0.15, 0.2) is 6.29 Å². The van der Waals surface area contributed by atoms with Crippen LogP contribution in [0.5, 0.6) is 0 Å². The molecule has 0 saturated heterocycles. The molecule has 0 amide bonds. The third-order valence-electron chi connectivity index (χ3n) is 2.32. The summed E-state index contributed by atoms with van der Waals surface area (Å²) >= 11 is 7.50. The van der Waals surface area contributed by atoms with E-state index in [-0.39, 0.29) is 12.3 Å². The summed E-state index contributed by atoms with van der Waals surface area (Å²) in [5, 5.41) is 3.38. The van der Waals surface area contributed by atoms with Gasteiger partial charge in [-0.15, -0.1) is 11.3 Å². The Bertz CT molecular complexity index is 313. The van der Waals surface area contributed by atoms with Crippen LogP contribution in [0.25, 0.3) is 0 Å². The van der Waals surface area contributed by atoms with Crippen LogP contribution in [0.1, 0.15) is 31.7 Å². The first-order valence-electron chi connectivity index (χ1n) is 5.89. The van der Waals surface area contributed by atoms with Gasteiger partial charge in [0.2, 0.25) is 0 Å². The average molecular weight is 278 g/mol. The Morgan fingerprint density at radius 1 is 1.29 bits per heavy atom. The first-order valence-corrected chi connectivity index (χ1v) is 7.08. The smallest absolute Gasteiger partial charge is 0.169 e. The minimum atomic E-state index is -0.178. The molecule has 5 heteroatoms. The minimum Gasteiger partial charge on any atom is -0.352 e. The van der Waals surface area contributed by atoms with E-state index in [1.165, 1.54) is 4.88 Å². The van der Waals surface area contributed by atoms with Gasteiger partial charge in [-0.1, -0.05) is 11.6 Å². The maximum absolute atomic E-state index is 5.91. The molecule has 0 aliphatic rings. The molecule has 0 aromatic carbocycles. The van der Waals surface area contributed by atoms with Gasteiger partial charge in [-0.2, -0.15) is 0 Å². The fraction of sp³-hybridized carbons (Fsp3) is 0.667. The van der Waals surface area contributed by atoms with Crippen LogP contribution in [0, 0.1) is 0 Å². The van der Waals surface area contributed by atoms with Gasteiger partial charge < -0.3 is 14.8 Å². The summed E-state index contributed by atoms with van der Waals surface area (Å²) in [7, 11) is 0. The van der Waals surface area contributed by atoms with Crippen LogP contribution in [0.4, 0.5) is 0 Å². The van der Waals surface area contributed by atoms with E-state index in [0.29, 0.717) is 19.8 Å². The number of halogens is 1. The summed E-state index contributed by atoms with van der Waals surface area (Å²) in [6, 6.07) is 4.22.